The van der Waals surface area contributed by atoms with E-state index in [0.29, 0.717) is 10.8 Å². The number of benzene rings is 3. The van der Waals surface area contributed by atoms with Crippen molar-refractivity contribution in [3.8, 4) is 0 Å². The first-order valence-electron chi connectivity index (χ1n) is 10.5. The van der Waals surface area contributed by atoms with Gasteiger partial charge in [0.25, 0.3) is 5.91 Å². The highest BCUT2D eigenvalue weighted by molar-refractivity contribution is 7.98. The predicted octanol–water partition coefficient (Wildman–Crippen LogP) is 6.04. The van der Waals surface area contributed by atoms with Crippen molar-refractivity contribution in [3.63, 3.8) is 0 Å². The van der Waals surface area contributed by atoms with Crippen LogP contribution in [0.15, 0.2) is 59.5 Å². The smallest absolute Gasteiger partial charge is 0.254 e. The minimum atomic E-state index is -0.540. The Bertz CT molecular complexity index is 1140. The number of thioether (sulfide) groups is 1. The van der Waals surface area contributed by atoms with Crippen molar-refractivity contribution in [1.82, 2.24) is 10.6 Å². The van der Waals surface area contributed by atoms with Gasteiger partial charge < -0.3 is 10.6 Å². The Balaban J connectivity index is 1.43. The number of halogens is 3. The lowest BCUT2D eigenvalue weighted by Crippen LogP contribution is -2.24. The zero-order valence-corrected chi connectivity index (χ0v) is 19.7. The summed E-state index contributed by atoms with van der Waals surface area (Å²) in [5.41, 5.74) is 4.20. The van der Waals surface area contributed by atoms with Crippen LogP contribution in [0.3, 0.4) is 0 Å². The van der Waals surface area contributed by atoms with Crippen molar-refractivity contribution in [3.05, 3.63) is 98.3 Å². The Morgan fingerprint density at radius 1 is 1.03 bits per heavy atom. The quantitative estimate of drug-likeness (QED) is 0.415. The zero-order chi connectivity index (χ0) is 22.5. The van der Waals surface area contributed by atoms with Crippen molar-refractivity contribution in [2.45, 2.75) is 30.0 Å². The van der Waals surface area contributed by atoms with E-state index in [-0.39, 0.29) is 12.1 Å². The number of nitrogens with one attached hydrogen (secondary N) is 2. The molecule has 0 spiro atoms. The molecule has 0 aliphatic carbocycles. The van der Waals surface area contributed by atoms with E-state index >= 15 is 0 Å². The topological polar surface area (TPSA) is 41.1 Å². The van der Waals surface area contributed by atoms with Crippen molar-refractivity contribution >= 4 is 40.9 Å². The van der Waals surface area contributed by atoms with Crippen LogP contribution in [0.25, 0.3) is 0 Å². The molecular formula is C25H23Cl2FN2OS. The first kappa shape index (κ1) is 23.1. The molecule has 0 saturated carbocycles. The van der Waals surface area contributed by atoms with Gasteiger partial charge in [-0.1, -0.05) is 53.5 Å². The maximum absolute atomic E-state index is 14.7. The van der Waals surface area contributed by atoms with Gasteiger partial charge in [0.1, 0.15) is 5.82 Å². The molecule has 1 aliphatic heterocycles. The summed E-state index contributed by atoms with van der Waals surface area (Å²) in [7, 11) is 0. The summed E-state index contributed by atoms with van der Waals surface area (Å²) in [6.45, 7) is 2.12. The molecule has 7 heteroatoms. The first-order chi connectivity index (χ1) is 15.5. The molecule has 3 aromatic carbocycles. The van der Waals surface area contributed by atoms with Gasteiger partial charge in [0.05, 0.1) is 10.6 Å². The number of hydrogen-bond acceptors (Lipinski definition) is 3. The molecule has 4 rings (SSSR count). The molecule has 2 N–H and O–H groups in total. The second-order valence-corrected chi connectivity index (χ2v) is 9.44. The summed E-state index contributed by atoms with van der Waals surface area (Å²) in [5.74, 6) is -0.435. The fourth-order valence-corrected chi connectivity index (χ4v) is 5.41. The van der Waals surface area contributed by atoms with Crippen molar-refractivity contribution in [2.24, 2.45) is 0 Å². The largest absolute Gasteiger partial charge is 0.348 e. The monoisotopic (exact) mass is 488 g/mol. The standard InChI is InChI=1S/C25H23Cl2FN2OS/c26-21-4-2-1-3-18(21)14-30-25(31)20-7-5-16(13-23(20)28)15-32-24-19-10-12-29-11-9-17(19)6-8-22(24)27/h1-8,13,29H,9-12,14-15H2,(H,30,31). The average Bonchev–Trinajstić information content (AvgIpc) is 3.03. The summed E-state index contributed by atoms with van der Waals surface area (Å²) < 4.78 is 14.7. The van der Waals surface area contributed by atoms with E-state index in [1.165, 1.54) is 23.3 Å². The number of fused-ring (bicyclic) bond motifs is 1. The van der Waals surface area contributed by atoms with Gasteiger partial charge in [0, 0.05) is 22.2 Å². The summed E-state index contributed by atoms with van der Waals surface area (Å²) in [6.07, 6.45) is 1.91. The molecule has 0 aromatic heterocycles. The fourth-order valence-electron chi connectivity index (χ4n) is 3.77. The molecule has 3 nitrogen and oxygen atoms in total. The van der Waals surface area contributed by atoms with E-state index in [2.05, 4.69) is 16.7 Å². The molecule has 0 unspecified atom stereocenters. The molecule has 1 amide bonds. The molecule has 0 radical (unpaired) electrons. The molecule has 0 saturated heterocycles. The maximum atomic E-state index is 14.7. The predicted molar refractivity (Wildman–Crippen MR) is 130 cm³/mol. The third-order valence-electron chi connectivity index (χ3n) is 5.49. The van der Waals surface area contributed by atoms with E-state index < -0.39 is 11.7 Å². The van der Waals surface area contributed by atoms with Crippen LogP contribution in [-0.2, 0) is 25.1 Å². The van der Waals surface area contributed by atoms with Crippen LogP contribution in [0.2, 0.25) is 10.0 Å². The molecule has 0 atom stereocenters. The highest BCUT2D eigenvalue weighted by Crippen LogP contribution is 2.36. The second kappa shape index (κ2) is 10.7. The summed E-state index contributed by atoms with van der Waals surface area (Å²) in [4.78, 5) is 13.5. The highest BCUT2D eigenvalue weighted by atomic mass is 35.5. The number of carbonyl (C=O) groups excluding carboxylic acids is 1. The Kier molecular flexibility index (Phi) is 7.74. The summed E-state index contributed by atoms with van der Waals surface area (Å²) in [5, 5.41) is 7.44. The number of carbonyl (C=O) groups is 1. The molecule has 0 bridgehead atoms. The van der Waals surface area contributed by atoms with Gasteiger partial charge >= 0.3 is 0 Å². The van der Waals surface area contributed by atoms with Crippen LogP contribution in [0.1, 0.15) is 32.6 Å². The summed E-state index contributed by atoms with van der Waals surface area (Å²) >= 11 is 14.2. The number of amides is 1. The zero-order valence-electron chi connectivity index (χ0n) is 17.4. The Hall–Kier alpha value is -2.05. The Morgan fingerprint density at radius 2 is 1.84 bits per heavy atom. The Labute approximate surface area is 201 Å². The molecule has 3 aromatic rings. The van der Waals surface area contributed by atoms with E-state index in [9.17, 15) is 9.18 Å². The van der Waals surface area contributed by atoms with E-state index in [0.717, 1.165) is 47.0 Å². The minimum Gasteiger partial charge on any atom is -0.348 e. The molecule has 1 heterocycles. The number of rotatable bonds is 6. The number of hydrogen-bond donors (Lipinski definition) is 2. The van der Waals surface area contributed by atoms with Gasteiger partial charge in [0.2, 0.25) is 0 Å². The van der Waals surface area contributed by atoms with E-state index in [1.807, 2.05) is 24.3 Å². The minimum absolute atomic E-state index is 0.0171. The van der Waals surface area contributed by atoms with E-state index in [4.69, 9.17) is 23.2 Å². The van der Waals surface area contributed by atoms with Crippen LogP contribution >= 0.6 is 35.0 Å². The normalized spacial score (nSPS) is 13.3. The molecule has 1 aliphatic rings. The molecule has 0 fully saturated rings. The van der Waals surface area contributed by atoms with Crippen LogP contribution < -0.4 is 10.6 Å². The maximum Gasteiger partial charge on any atom is 0.254 e. The van der Waals surface area contributed by atoms with Crippen LogP contribution in [-0.4, -0.2) is 19.0 Å². The second-order valence-electron chi connectivity index (χ2n) is 7.64. The SMILES string of the molecule is O=C(NCc1ccccc1Cl)c1ccc(CSc2c(Cl)ccc3c2CCNCC3)cc1F. The third kappa shape index (κ3) is 5.46. The van der Waals surface area contributed by atoms with Crippen LogP contribution in [0.4, 0.5) is 4.39 Å². The van der Waals surface area contributed by atoms with Gasteiger partial charge in [-0.3, -0.25) is 4.79 Å². The lowest BCUT2D eigenvalue weighted by molar-refractivity contribution is 0.0947. The van der Waals surface area contributed by atoms with Gasteiger partial charge in [0.15, 0.2) is 0 Å². The summed E-state index contributed by atoms with van der Waals surface area (Å²) in [6, 6.07) is 16.0. The fraction of sp³-hybridized carbons (Fsp3) is 0.240. The van der Waals surface area contributed by atoms with Gasteiger partial charge in [-0.05, 0) is 72.5 Å². The van der Waals surface area contributed by atoms with Crippen molar-refractivity contribution in [1.29, 1.82) is 0 Å². The van der Waals surface area contributed by atoms with Crippen LogP contribution in [0, 0.1) is 5.82 Å². The van der Waals surface area contributed by atoms with Crippen molar-refractivity contribution in [2.75, 3.05) is 13.1 Å². The Morgan fingerprint density at radius 3 is 2.66 bits per heavy atom. The van der Waals surface area contributed by atoms with Crippen molar-refractivity contribution < 1.29 is 9.18 Å². The van der Waals surface area contributed by atoms with Gasteiger partial charge in [-0.2, -0.15) is 0 Å². The third-order valence-corrected chi connectivity index (χ3v) is 7.52. The molecule has 32 heavy (non-hydrogen) atoms. The van der Waals surface area contributed by atoms with Gasteiger partial charge in [-0.15, -0.1) is 11.8 Å². The van der Waals surface area contributed by atoms with Crippen LogP contribution in [0.5, 0.6) is 0 Å². The first-order valence-corrected chi connectivity index (χ1v) is 12.2. The molecular weight excluding hydrogens is 466 g/mol. The lowest BCUT2D eigenvalue weighted by atomic mass is 10.0. The lowest BCUT2D eigenvalue weighted by Gasteiger charge is -2.14. The molecule has 166 valence electrons. The van der Waals surface area contributed by atoms with E-state index in [1.54, 1.807) is 23.9 Å². The van der Waals surface area contributed by atoms with Gasteiger partial charge in [-0.25, -0.2) is 4.39 Å². The highest BCUT2D eigenvalue weighted by Gasteiger charge is 2.17. The average molecular weight is 489 g/mol.